The number of amides is 1. The monoisotopic (exact) mass is 418 g/mol. The molecule has 7 heteroatoms. The minimum atomic E-state index is -3.32. The van der Waals surface area contributed by atoms with Gasteiger partial charge in [0.25, 0.3) is 5.91 Å². The van der Waals surface area contributed by atoms with Crippen LogP contribution in [0.4, 0.5) is 5.69 Å². The van der Waals surface area contributed by atoms with Gasteiger partial charge in [-0.05, 0) is 56.0 Å². The van der Waals surface area contributed by atoms with Gasteiger partial charge in [-0.15, -0.1) is 0 Å². The van der Waals surface area contributed by atoms with E-state index in [1.807, 2.05) is 32.0 Å². The van der Waals surface area contributed by atoms with Crippen molar-refractivity contribution in [2.45, 2.75) is 45.3 Å². The Bertz CT molecular complexity index is 883. The number of hydrogen-bond acceptors (Lipinski definition) is 4. The van der Waals surface area contributed by atoms with E-state index in [1.165, 1.54) is 16.9 Å². The molecular formula is C22H30N2O4S. The van der Waals surface area contributed by atoms with Crippen molar-refractivity contribution < 1.29 is 17.9 Å². The van der Waals surface area contributed by atoms with Crippen molar-refractivity contribution in [3.63, 3.8) is 0 Å². The normalized spacial score (nSPS) is 13.4. The molecule has 2 aromatic rings. The van der Waals surface area contributed by atoms with Crippen LogP contribution >= 0.6 is 0 Å². The molecule has 2 aromatic carbocycles. The fraction of sp³-hybridized carbons (Fsp3) is 0.409. The average molecular weight is 419 g/mol. The molecule has 0 saturated heterocycles. The van der Waals surface area contributed by atoms with Gasteiger partial charge in [0.1, 0.15) is 5.75 Å². The van der Waals surface area contributed by atoms with Crippen molar-refractivity contribution in [3.05, 3.63) is 60.2 Å². The molecule has 0 aliphatic rings. The summed E-state index contributed by atoms with van der Waals surface area (Å²) >= 11 is 0. The van der Waals surface area contributed by atoms with Gasteiger partial charge in [0, 0.05) is 13.1 Å². The smallest absolute Gasteiger partial charge is 0.261 e. The number of carbonyl (C=O) groups excluding carboxylic acids is 1. The summed E-state index contributed by atoms with van der Waals surface area (Å²) in [6, 6.07) is 16.9. The molecule has 1 N–H and O–H groups in total. The first-order valence-electron chi connectivity index (χ1n) is 9.75. The first kappa shape index (κ1) is 22.7. The molecule has 0 aliphatic heterocycles. The van der Waals surface area contributed by atoms with Gasteiger partial charge in [-0.3, -0.25) is 9.10 Å². The van der Waals surface area contributed by atoms with Gasteiger partial charge >= 0.3 is 0 Å². The second-order valence-electron chi connectivity index (χ2n) is 7.17. The Hall–Kier alpha value is -2.54. The SMILES string of the molecule is CC[C@@H](Oc1ccc(N(C)S(C)(=O)=O)cc1)C(=O)N[C@@H](C)CCc1ccccc1. The van der Waals surface area contributed by atoms with Crippen molar-refractivity contribution in [1.82, 2.24) is 5.32 Å². The Morgan fingerprint density at radius 1 is 1.10 bits per heavy atom. The summed E-state index contributed by atoms with van der Waals surface area (Å²) in [6.45, 7) is 3.88. The average Bonchev–Trinajstić information content (AvgIpc) is 2.70. The summed E-state index contributed by atoms with van der Waals surface area (Å²) in [5.74, 6) is 0.375. The Kier molecular flexibility index (Phi) is 8.08. The predicted molar refractivity (Wildman–Crippen MR) is 117 cm³/mol. The summed E-state index contributed by atoms with van der Waals surface area (Å²) in [4.78, 5) is 12.6. The molecule has 0 radical (unpaired) electrons. The molecule has 6 nitrogen and oxygen atoms in total. The molecular weight excluding hydrogens is 388 g/mol. The van der Waals surface area contributed by atoms with Gasteiger partial charge in [-0.25, -0.2) is 8.42 Å². The number of sulfonamides is 1. The van der Waals surface area contributed by atoms with E-state index in [-0.39, 0.29) is 11.9 Å². The molecule has 2 atom stereocenters. The highest BCUT2D eigenvalue weighted by atomic mass is 32.2. The maximum atomic E-state index is 12.6. The molecule has 0 heterocycles. The zero-order valence-corrected chi connectivity index (χ0v) is 18.3. The highest BCUT2D eigenvalue weighted by molar-refractivity contribution is 7.92. The van der Waals surface area contributed by atoms with Gasteiger partial charge in [0.05, 0.1) is 11.9 Å². The van der Waals surface area contributed by atoms with Crippen LogP contribution in [0.15, 0.2) is 54.6 Å². The van der Waals surface area contributed by atoms with E-state index in [4.69, 9.17) is 4.74 Å². The number of hydrogen-bond donors (Lipinski definition) is 1. The number of carbonyl (C=O) groups is 1. The maximum Gasteiger partial charge on any atom is 0.261 e. The first-order valence-corrected chi connectivity index (χ1v) is 11.6. The number of nitrogens with one attached hydrogen (secondary N) is 1. The number of anilines is 1. The standard InChI is InChI=1S/C22H30N2O4S/c1-5-21(22(25)23-17(2)11-12-18-9-7-6-8-10-18)28-20-15-13-19(14-16-20)24(3)29(4,26)27/h6-10,13-17,21H,5,11-12H2,1-4H3,(H,23,25)/t17-,21+/m0/s1. The topological polar surface area (TPSA) is 75.7 Å². The third kappa shape index (κ3) is 7.09. The summed E-state index contributed by atoms with van der Waals surface area (Å²) < 4.78 is 30.3. The Morgan fingerprint density at radius 2 is 1.72 bits per heavy atom. The zero-order valence-electron chi connectivity index (χ0n) is 17.5. The van der Waals surface area contributed by atoms with E-state index < -0.39 is 16.1 Å². The van der Waals surface area contributed by atoms with Crippen LogP contribution < -0.4 is 14.4 Å². The molecule has 0 fully saturated rings. The summed E-state index contributed by atoms with van der Waals surface area (Å²) in [5.41, 5.74) is 1.78. The van der Waals surface area contributed by atoms with E-state index in [1.54, 1.807) is 24.3 Å². The lowest BCUT2D eigenvalue weighted by Crippen LogP contribution is -2.42. The lowest BCUT2D eigenvalue weighted by Gasteiger charge is -2.21. The van der Waals surface area contributed by atoms with E-state index in [0.29, 0.717) is 17.9 Å². The Morgan fingerprint density at radius 3 is 2.28 bits per heavy atom. The first-order chi connectivity index (χ1) is 13.7. The number of benzene rings is 2. The highest BCUT2D eigenvalue weighted by Gasteiger charge is 2.20. The predicted octanol–water partition coefficient (Wildman–Crippen LogP) is 3.38. The molecule has 29 heavy (non-hydrogen) atoms. The second kappa shape index (κ2) is 10.3. The Labute approximate surface area is 173 Å². The number of nitrogens with zero attached hydrogens (tertiary/aromatic N) is 1. The number of ether oxygens (including phenoxy) is 1. The van der Waals surface area contributed by atoms with Gasteiger partial charge in [0.15, 0.2) is 6.10 Å². The van der Waals surface area contributed by atoms with Crippen LogP contribution in [0.3, 0.4) is 0 Å². The highest BCUT2D eigenvalue weighted by Crippen LogP contribution is 2.21. The van der Waals surface area contributed by atoms with Gasteiger partial charge in [-0.2, -0.15) is 0 Å². The van der Waals surface area contributed by atoms with Gasteiger partial charge in [-0.1, -0.05) is 37.3 Å². The van der Waals surface area contributed by atoms with Crippen molar-refractivity contribution in [3.8, 4) is 5.75 Å². The molecule has 0 saturated carbocycles. The zero-order chi connectivity index (χ0) is 21.4. The molecule has 0 aromatic heterocycles. The van der Waals surface area contributed by atoms with E-state index in [9.17, 15) is 13.2 Å². The minimum Gasteiger partial charge on any atom is -0.481 e. The van der Waals surface area contributed by atoms with Crippen LogP contribution in [0.2, 0.25) is 0 Å². The lowest BCUT2D eigenvalue weighted by molar-refractivity contribution is -0.128. The van der Waals surface area contributed by atoms with E-state index >= 15 is 0 Å². The van der Waals surface area contributed by atoms with Crippen LogP contribution in [0.1, 0.15) is 32.3 Å². The van der Waals surface area contributed by atoms with Gasteiger partial charge < -0.3 is 10.1 Å². The molecule has 0 spiro atoms. The number of aryl methyl sites for hydroxylation is 1. The van der Waals surface area contributed by atoms with Crippen LogP contribution in [-0.2, 0) is 21.2 Å². The summed E-state index contributed by atoms with van der Waals surface area (Å²) in [7, 11) is -1.83. The molecule has 0 aliphatic carbocycles. The third-order valence-corrected chi connectivity index (χ3v) is 5.94. The van der Waals surface area contributed by atoms with Crippen molar-refractivity contribution in [2.24, 2.45) is 0 Å². The van der Waals surface area contributed by atoms with Crippen molar-refractivity contribution in [1.29, 1.82) is 0 Å². The van der Waals surface area contributed by atoms with E-state index in [2.05, 4.69) is 17.4 Å². The van der Waals surface area contributed by atoms with Crippen LogP contribution in [0.25, 0.3) is 0 Å². The summed E-state index contributed by atoms with van der Waals surface area (Å²) in [5, 5.41) is 3.02. The fourth-order valence-corrected chi connectivity index (χ4v) is 3.35. The van der Waals surface area contributed by atoms with Crippen molar-refractivity contribution in [2.75, 3.05) is 17.6 Å². The largest absolute Gasteiger partial charge is 0.481 e. The summed E-state index contributed by atoms with van der Waals surface area (Å²) in [6.07, 6.45) is 2.82. The van der Waals surface area contributed by atoms with Crippen LogP contribution in [0.5, 0.6) is 5.75 Å². The fourth-order valence-electron chi connectivity index (χ4n) is 2.85. The molecule has 1 amide bonds. The molecule has 158 valence electrons. The lowest BCUT2D eigenvalue weighted by atomic mass is 10.1. The molecule has 0 unspecified atom stereocenters. The van der Waals surface area contributed by atoms with Gasteiger partial charge in [0.2, 0.25) is 10.0 Å². The molecule has 2 rings (SSSR count). The van der Waals surface area contributed by atoms with Crippen LogP contribution in [0, 0.1) is 0 Å². The Balaban J connectivity index is 1.90. The second-order valence-corrected chi connectivity index (χ2v) is 9.19. The molecule has 0 bridgehead atoms. The van der Waals surface area contributed by atoms with Crippen LogP contribution in [-0.4, -0.2) is 39.8 Å². The minimum absolute atomic E-state index is 0.0335. The van der Waals surface area contributed by atoms with Crippen molar-refractivity contribution >= 4 is 21.6 Å². The quantitative estimate of drug-likeness (QED) is 0.642. The maximum absolute atomic E-state index is 12.6. The third-order valence-electron chi connectivity index (χ3n) is 4.74. The van der Waals surface area contributed by atoms with E-state index in [0.717, 1.165) is 19.1 Å². The number of rotatable bonds is 10.